The Kier molecular flexibility index (Phi) is 13.9. The summed E-state index contributed by atoms with van der Waals surface area (Å²) in [6, 6.07) is 3.29. The number of carbonyl (C=O) groups excluding carboxylic acids is 3. The molecule has 1 aromatic rings. The van der Waals surface area contributed by atoms with Gasteiger partial charge in [-0.05, 0) is 31.0 Å². The average Bonchev–Trinajstić information content (AvgIpc) is 2.93. The highest BCUT2D eigenvalue weighted by molar-refractivity contribution is 8.05. The molecule has 0 spiro atoms. The van der Waals surface area contributed by atoms with Crippen LogP contribution in [0.3, 0.4) is 0 Å². The first-order valence-corrected chi connectivity index (χ1v) is 17.3. The fourth-order valence-corrected chi connectivity index (χ4v) is 7.21. The van der Waals surface area contributed by atoms with Gasteiger partial charge in [0, 0.05) is 18.5 Å². The quantitative estimate of drug-likeness (QED) is 0.0548. The van der Waals surface area contributed by atoms with Gasteiger partial charge in [0.15, 0.2) is 0 Å². The predicted octanol–water partition coefficient (Wildman–Crippen LogP) is 1.99. The van der Waals surface area contributed by atoms with Crippen molar-refractivity contribution in [3.63, 3.8) is 0 Å². The van der Waals surface area contributed by atoms with Crippen LogP contribution in [0.1, 0.15) is 25.3 Å². The maximum atomic E-state index is 14.7. The van der Waals surface area contributed by atoms with E-state index in [-0.39, 0.29) is 59.4 Å². The van der Waals surface area contributed by atoms with E-state index in [0.29, 0.717) is 12.1 Å². The summed E-state index contributed by atoms with van der Waals surface area (Å²) in [4.78, 5) is 34.7. The maximum absolute atomic E-state index is 14.7. The lowest BCUT2D eigenvalue weighted by atomic mass is 10.1. The Hall–Kier alpha value is -3.15. The second-order valence-corrected chi connectivity index (χ2v) is 15.2. The molecule has 26 heteroatoms. The van der Waals surface area contributed by atoms with Crippen molar-refractivity contribution in [2.24, 2.45) is 0 Å². The lowest BCUT2D eigenvalue weighted by molar-refractivity contribution is -0.150. The maximum Gasteiger partial charge on any atom is 0.512 e. The normalized spacial score (nSPS) is 14.4. The van der Waals surface area contributed by atoms with Crippen LogP contribution in [0.2, 0.25) is 0 Å². The van der Waals surface area contributed by atoms with Crippen LogP contribution in [-0.2, 0) is 60.4 Å². The number of esters is 2. The third kappa shape index (κ3) is 10.4. The molecular weight excluding hydrogens is 763 g/mol. The van der Waals surface area contributed by atoms with Gasteiger partial charge in [0.05, 0.1) is 6.42 Å². The molecule has 0 saturated heterocycles. The summed E-state index contributed by atoms with van der Waals surface area (Å²) in [5.41, 5.74) is -6.20. The largest absolute Gasteiger partial charge is 0.512 e. The number of hydrogen-bond acceptors (Lipinski definition) is 12. The van der Waals surface area contributed by atoms with E-state index >= 15 is 0 Å². The lowest BCUT2D eigenvalue weighted by Gasteiger charge is -2.34. The molecule has 2 N–H and O–H groups in total. The van der Waals surface area contributed by atoms with Gasteiger partial charge in [0.2, 0.25) is 5.91 Å². The fourth-order valence-electron chi connectivity index (χ4n) is 2.82. The first kappa shape index (κ1) is 42.9. The number of hydrogen-bond donors (Lipinski definition) is 2. The molecular formula is C22H25F8N2O12PS3. The summed E-state index contributed by atoms with van der Waals surface area (Å²) in [5.74, 6) is -3.17. The van der Waals surface area contributed by atoms with Crippen molar-refractivity contribution < 1.29 is 88.4 Å². The minimum atomic E-state index is -7.57. The third-order valence-corrected chi connectivity index (χ3v) is 11.2. The second kappa shape index (κ2) is 15.6. The van der Waals surface area contributed by atoms with Gasteiger partial charge in [-0.1, -0.05) is 32.1 Å². The topological polar surface area (TPSA) is 205 Å². The minimum Gasteiger partial charge on any atom is -0.462 e. The summed E-state index contributed by atoms with van der Waals surface area (Å²) in [6.45, 7) is 4.15. The zero-order valence-corrected chi connectivity index (χ0v) is 27.6. The van der Waals surface area contributed by atoms with Crippen LogP contribution in [0.5, 0.6) is 5.75 Å². The minimum absolute atomic E-state index is 0.00935. The van der Waals surface area contributed by atoms with Crippen molar-refractivity contribution in [2.75, 3.05) is 19.8 Å². The van der Waals surface area contributed by atoms with Crippen molar-refractivity contribution in [3.8, 4) is 5.75 Å². The molecule has 1 aromatic carbocycles. The van der Waals surface area contributed by atoms with Crippen molar-refractivity contribution in [3.05, 3.63) is 42.0 Å². The van der Waals surface area contributed by atoms with Crippen molar-refractivity contribution in [2.45, 2.75) is 47.6 Å². The molecule has 0 radical (unpaired) electrons. The van der Waals surface area contributed by atoms with E-state index in [1.807, 2.05) is 0 Å². The molecule has 1 rings (SSSR count). The summed E-state index contributed by atoms with van der Waals surface area (Å²) in [5, 5.41) is -17.3. The number of benzene rings is 1. The van der Waals surface area contributed by atoms with Crippen LogP contribution >= 0.6 is 9.24 Å². The Balaban J connectivity index is 2.80. The lowest BCUT2D eigenvalue weighted by Crippen LogP contribution is -2.63. The number of halogens is 8. The molecule has 14 nitrogen and oxygen atoms in total. The van der Waals surface area contributed by atoms with Gasteiger partial charge in [-0.2, -0.15) is 39.2 Å². The summed E-state index contributed by atoms with van der Waals surface area (Å²) < 4.78 is 192. The Labute approximate surface area is 270 Å². The van der Waals surface area contributed by atoms with E-state index in [9.17, 15) is 74.8 Å². The number of amides is 1. The highest BCUT2D eigenvalue weighted by Gasteiger charge is 2.79. The van der Waals surface area contributed by atoms with E-state index in [1.165, 1.54) is 6.92 Å². The van der Waals surface area contributed by atoms with Crippen LogP contribution in [0.15, 0.2) is 36.4 Å². The number of alkyl halides is 8. The van der Waals surface area contributed by atoms with Crippen LogP contribution in [-0.4, -0.2) is 84.3 Å². The zero-order valence-electron chi connectivity index (χ0n) is 24.0. The van der Waals surface area contributed by atoms with Gasteiger partial charge in [-0.25, -0.2) is 26.0 Å². The SMILES string of the molecule is C=C(C)C(=O)OCCOC(=O)CCC(=O)NCCc1ccc(OS(=O)(=O)C(F)(F)C(F)(P)C(F)(F)S(=O)(=O)NS(=O)(=O)C(F)(F)F)cc1. The highest BCUT2D eigenvalue weighted by atomic mass is 32.3. The average molecular weight is 789 g/mol. The molecule has 1 amide bonds. The van der Waals surface area contributed by atoms with Gasteiger partial charge >= 0.3 is 48.1 Å². The smallest absolute Gasteiger partial charge is 0.462 e. The molecule has 0 aliphatic heterocycles. The van der Waals surface area contributed by atoms with Crippen molar-refractivity contribution in [1.82, 2.24) is 9.44 Å². The fraction of sp³-hybridized carbons (Fsp3) is 0.500. The molecule has 48 heavy (non-hydrogen) atoms. The Morgan fingerprint density at radius 1 is 0.812 bits per heavy atom. The van der Waals surface area contributed by atoms with Crippen LogP contribution in [0.4, 0.5) is 35.1 Å². The van der Waals surface area contributed by atoms with Gasteiger partial charge in [-0.15, -0.1) is 0 Å². The molecule has 0 aliphatic rings. The molecule has 0 fully saturated rings. The standard InChI is InChI=1S/C22H25F8N2O12PS3/c1-13(2)18(35)43-12-11-42-17(34)8-7-16(33)31-10-9-14-3-5-15(6-4-14)44-48(40,41)21(26,27)19(23,45)20(24,25)46(36,37)32-47(38,39)22(28,29)30/h3-6,32H,1,7-12,45H2,2H3,(H,31,33). The van der Waals surface area contributed by atoms with E-state index in [1.54, 1.807) is 0 Å². The molecule has 0 aromatic heterocycles. The van der Waals surface area contributed by atoms with E-state index in [4.69, 9.17) is 9.47 Å². The Morgan fingerprint density at radius 3 is 1.83 bits per heavy atom. The summed E-state index contributed by atoms with van der Waals surface area (Å²) in [6.07, 6.45) is -0.670. The number of carbonyl (C=O) groups is 3. The Bertz CT molecular complexity index is 1700. The van der Waals surface area contributed by atoms with Crippen LogP contribution in [0.25, 0.3) is 0 Å². The van der Waals surface area contributed by atoms with E-state index < -0.39 is 79.3 Å². The summed E-state index contributed by atoms with van der Waals surface area (Å²) in [7, 11) is -21.9. The molecule has 2 unspecified atom stereocenters. The third-order valence-electron chi connectivity index (χ3n) is 5.37. The monoisotopic (exact) mass is 788 g/mol. The number of rotatable bonds is 18. The first-order valence-electron chi connectivity index (χ1n) is 12.4. The van der Waals surface area contributed by atoms with Crippen LogP contribution in [0, 0.1) is 0 Å². The van der Waals surface area contributed by atoms with Crippen LogP contribution < -0.4 is 13.6 Å². The molecule has 0 heterocycles. The van der Waals surface area contributed by atoms with Crippen molar-refractivity contribution in [1.29, 1.82) is 0 Å². The van der Waals surface area contributed by atoms with Gasteiger partial charge < -0.3 is 19.0 Å². The predicted molar refractivity (Wildman–Crippen MR) is 149 cm³/mol. The Morgan fingerprint density at radius 2 is 1.33 bits per heavy atom. The van der Waals surface area contributed by atoms with E-state index in [2.05, 4.69) is 16.1 Å². The molecule has 274 valence electrons. The van der Waals surface area contributed by atoms with Gasteiger partial charge in [-0.3, -0.25) is 9.59 Å². The molecule has 0 saturated carbocycles. The summed E-state index contributed by atoms with van der Waals surface area (Å²) >= 11 is 0. The highest BCUT2D eigenvalue weighted by Crippen LogP contribution is 2.54. The zero-order chi connectivity index (χ0) is 37.6. The number of sulfonamides is 2. The van der Waals surface area contributed by atoms with Crippen molar-refractivity contribution >= 4 is 57.3 Å². The molecule has 0 bridgehead atoms. The molecule has 2 atom stereocenters. The van der Waals surface area contributed by atoms with Gasteiger partial charge in [0.1, 0.15) is 19.0 Å². The first-order chi connectivity index (χ1) is 21.5. The number of ether oxygens (including phenoxy) is 2. The van der Waals surface area contributed by atoms with Gasteiger partial charge in [0.25, 0.3) is 15.4 Å². The molecule has 0 aliphatic carbocycles. The number of nitrogens with one attached hydrogen (secondary N) is 2. The second-order valence-electron chi connectivity index (χ2n) is 9.20. The van der Waals surface area contributed by atoms with E-state index in [0.717, 1.165) is 12.1 Å².